The minimum atomic E-state index is -0.981. The predicted octanol–water partition coefficient (Wildman–Crippen LogP) is 2.65. The average Bonchev–Trinajstić information content (AvgIpc) is 2.31. The summed E-state index contributed by atoms with van der Waals surface area (Å²) in [6.07, 6.45) is 0.223. The van der Waals surface area contributed by atoms with Gasteiger partial charge in [0.05, 0.1) is 18.9 Å². The molecule has 0 bridgehead atoms. The first-order valence-corrected chi connectivity index (χ1v) is 6.45. The number of halogens is 1. The van der Waals surface area contributed by atoms with Crippen molar-refractivity contribution in [1.29, 1.82) is 0 Å². The van der Waals surface area contributed by atoms with E-state index in [-0.39, 0.29) is 13.0 Å². The summed E-state index contributed by atoms with van der Waals surface area (Å²) in [6, 6.07) is 7.37. The maximum Gasteiger partial charge on any atom is 0.307 e. The molecule has 0 aliphatic rings. The molecule has 1 aromatic carbocycles. The zero-order valence-corrected chi connectivity index (χ0v) is 11.6. The molecule has 0 spiro atoms. The quantitative estimate of drug-likeness (QED) is 0.820. The van der Waals surface area contributed by atoms with Crippen molar-refractivity contribution in [2.24, 2.45) is 5.92 Å². The Morgan fingerprint density at radius 1 is 1.33 bits per heavy atom. The van der Waals surface area contributed by atoms with Gasteiger partial charge in [0, 0.05) is 4.47 Å². The lowest BCUT2D eigenvalue weighted by Crippen LogP contribution is -2.21. The highest BCUT2D eigenvalue weighted by atomic mass is 79.9. The van der Waals surface area contributed by atoms with Crippen molar-refractivity contribution in [1.82, 2.24) is 0 Å². The fourth-order valence-electron chi connectivity index (χ4n) is 1.57. The molecule has 0 aliphatic heterocycles. The van der Waals surface area contributed by atoms with E-state index in [9.17, 15) is 9.59 Å². The first-order valence-electron chi connectivity index (χ1n) is 5.65. The van der Waals surface area contributed by atoms with Crippen LogP contribution in [0.5, 0.6) is 0 Å². The molecule has 0 saturated carbocycles. The van der Waals surface area contributed by atoms with E-state index < -0.39 is 17.9 Å². The van der Waals surface area contributed by atoms with Crippen molar-refractivity contribution in [3.05, 3.63) is 34.3 Å². The van der Waals surface area contributed by atoms with Gasteiger partial charge in [0.2, 0.25) is 0 Å². The van der Waals surface area contributed by atoms with Gasteiger partial charge in [-0.05, 0) is 31.0 Å². The predicted molar refractivity (Wildman–Crippen MR) is 70.2 cm³/mol. The highest BCUT2D eigenvalue weighted by Gasteiger charge is 2.22. The zero-order chi connectivity index (χ0) is 13.5. The van der Waals surface area contributed by atoms with Crippen molar-refractivity contribution in [2.75, 3.05) is 6.61 Å². The van der Waals surface area contributed by atoms with Crippen molar-refractivity contribution in [3.63, 3.8) is 0 Å². The minimum absolute atomic E-state index is 0.0980. The van der Waals surface area contributed by atoms with Gasteiger partial charge in [-0.3, -0.25) is 9.59 Å². The van der Waals surface area contributed by atoms with Crippen molar-refractivity contribution in [3.8, 4) is 0 Å². The number of carboxylic acid groups (broad SMARTS) is 1. The average molecular weight is 315 g/mol. The van der Waals surface area contributed by atoms with E-state index in [2.05, 4.69) is 15.9 Å². The third-order valence-corrected chi connectivity index (χ3v) is 2.99. The molecule has 1 atom stereocenters. The maximum absolute atomic E-state index is 11.3. The largest absolute Gasteiger partial charge is 0.481 e. The van der Waals surface area contributed by atoms with Gasteiger partial charge in [-0.2, -0.15) is 0 Å². The van der Waals surface area contributed by atoms with Crippen molar-refractivity contribution in [2.45, 2.75) is 19.8 Å². The SMILES string of the molecule is CCOC(=O)CC(Cc1ccc(Br)cc1)C(=O)O. The maximum atomic E-state index is 11.3. The summed E-state index contributed by atoms with van der Waals surface area (Å²) in [7, 11) is 0. The number of rotatable bonds is 6. The van der Waals surface area contributed by atoms with Crippen molar-refractivity contribution < 1.29 is 19.4 Å². The number of carboxylic acids is 1. The number of aliphatic carboxylic acids is 1. The van der Waals surface area contributed by atoms with E-state index in [1.54, 1.807) is 6.92 Å². The number of ether oxygens (including phenoxy) is 1. The Morgan fingerprint density at radius 3 is 2.44 bits per heavy atom. The lowest BCUT2D eigenvalue weighted by Gasteiger charge is -2.11. The lowest BCUT2D eigenvalue weighted by atomic mass is 9.96. The fourth-order valence-corrected chi connectivity index (χ4v) is 1.84. The Bertz CT molecular complexity index is 414. The molecular formula is C13H15BrO4. The summed E-state index contributed by atoms with van der Waals surface area (Å²) in [6.45, 7) is 1.96. The normalized spacial score (nSPS) is 11.9. The third kappa shape index (κ3) is 4.87. The fraction of sp³-hybridized carbons (Fsp3) is 0.385. The molecule has 1 rings (SSSR count). The van der Waals surface area contributed by atoms with Gasteiger partial charge in [-0.1, -0.05) is 28.1 Å². The second-order valence-corrected chi connectivity index (χ2v) is 4.79. The molecule has 18 heavy (non-hydrogen) atoms. The van der Waals surface area contributed by atoms with Crippen LogP contribution in [0.25, 0.3) is 0 Å². The molecule has 0 saturated heterocycles. The van der Waals surface area contributed by atoms with Gasteiger partial charge in [-0.25, -0.2) is 0 Å². The second-order valence-electron chi connectivity index (χ2n) is 3.87. The highest BCUT2D eigenvalue weighted by Crippen LogP contribution is 2.16. The van der Waals surface area contributed by atoms with Gasteiger partial charge < -0.3 is 9.84 Å². The van der Waals surface area contributed by atoms with E-state index >= 15 is 0 Å². The molecule has 0 amide bonds. The van der Waals surface area contributed by atoms with Crippen LogP contribution in [0.4, 0.5) is 0 Å². The van der Waals surface area contributed by atoms with E-state index in [1.807, 2.05) is 24.3 Å². The smallest absolute Gasteiger partial charge is 0.307 e. The van der Waals surface area contributed by atoms with E-state index in [0.717, 1.165) is 10.0 Å². The Balaban J connectivity index is 2.65. The van der Waals surface area contributed by atoms with Crippen molar-refractivity contribution >= 4 is 27.9 Å². The molecule has 1 N–H and O–H groups in total. The molecule has 0 aromatic heterocycles. The Hall–Kier alpha value is -1.36. The zero-order valence-electron chi connectivity index (χ0n) is 10.1. The summed E-state index contributed by atoms with van der Waals surface area (Å²) >= 11 is 3.31. The lowest BCUT2D eigenvalue weighted by molar-refractivity contribution is -0.151. The summed E-state index contributed by atoms with van der Waals surface area (Å²) < 4.78 is 5.70. The van der Waals surface area contributed by atoms with Crippen LogP contribution in [0.15, 0.2) is 28.7 Å². The molecule has 0 aliphatic carbocycles. The van der Waals surface area contributed by atoms with Crippen LogP contribution in [0.1, 0.15) is 18.9 Å². The van der Waals surface area contributed by atoms with Crippen LogP contribution in [0, 0.1) is 5.92 Å². The second kappa shape index (κ2) is 7.16. The van der Waals surface area contributed by atoms with Crippen LogP contribution < -0.4 is 0 Å². The van der Waals surface area contributed by atoms with E-state index in [0.29, 0.717) is 6.42 Å². The summed E-state index contributed by atoms with van der Waals surface area (Å²) in [5, 5.41) is 9.09. The molecule has 1 unspecified atom stereocenters. The van der Waals surface area contributed by atoms with Crippen LogP contribution >= 0.6 is 15.9 Å². The monoisotopic (exact) mass is 314 g/mol. The minimum Gasteiger partial charge on any atom is -0.481 e. The number of carbonyl (C=O) groups is 2. The van der Waals surface area contributed by atoms with Gasteiger partial charge in [0.25, 0.3) is 0 Å². The van der Waals surface area contributed by atoms with E-state index in [1.165, 1.54) is 0 Å². The Kier molecular flexibility index (Phi) is 5.85. The topological polar surface area (TPSA) is 63.6 Å². The first kappa shape index (κ1) is 14.7. The number of hydrogen-bond donors (Lipinski definition) is 1. The number of benzene rings is 1. The first-order chi connectivity index (χ1) is 8.52. The van der Waals surface area contributed by atoms with Crippen LogP contribution in [-0.2, 0) is 20.7 Å². The molecule has 0 fully saturated rings. The third-order valence-electron chi connectivity index (χ3n) is 2.46. The Labute approximate surface area is 114 Å². The van der Waals surface area contributed by atoms with Gasteiger partial charge in [0.15, 0.2) is 0 Å². The molecule has 4 nitrogen and oxygen atoms in total. The van der Waals surface area contributed by atoms with Crippen LogP contribution in [0.2, 0.25) is 0 Å². The molecule has 98 valence electrons. The highest BCUT2D eigenvalue weighted by molar-refractivity contribution is 9.10. The Morgan fingerprint density at radius 2 is 1.94 bits per heavy atom. The number of esters is 1. The van der Waals surface area contributed by atoms with Crippen LogP contribution in [0.3, 0.4) is 0 Å². The summed E-state index contributed by atoms with van der Waals surface area (Å²) in [5.41, 5.74) is 0.884. The summed E-state index contributed by atoms with van der Waals surface area (Å²) in [5.74, 6) is -2.20. The van der Waals surface area contributed by atoms with Gasteiger partial charge in [0.1, 0.15) is 0 Å². The molecule has 0 heterocycles. The van der Waals surface area contributed by atoms with Crippen LogP contribution in [-0.4, -0.2) is 23.7 Å². The summed E-state index contributed by atoms with van der Waals surface area (Å²) in [4.78, 5) is 22.4. The molecule has 5 heteroatoms. The molecular weight excluding hydrogens is 300 g/mol. The number of hydrogen-bond acceptors (Lipinski definition) is 3. The van der Waals surface area contributed by atoms with Gasteiger partial charge in [-0.15, -0.1) is 0 Å². The molecule has 1 aromatic rings. The standard InChI is InChI=1S/C13H15BrO4/c1-2-18-12(15)8-10(13(16)17)7-9-3-5-11(14)6-4-9/h3-6,10H,2,7-8H2,1H3,(H,16,17). The molecule has 0 radical (unpaired) electrons. The number of carbonyl (C=O) groups excluding carboxylic acids is 1. The van der Waals surface area contributed by atoms with E-state index in [4.69, 9.17) is 9.84 Å². The van der Waals surface area contributed by atoms with Gasteiger partial charge >= 0.3 is 11.9 Å².